The number of nitrogens with one attached hydrogen (secondary N) is 1. The third-order valence-electron chi connectivity index (χ3n) is 6.70. The van der Waals surface area contributed by atoms with Gasteiger partial charge in [0.25, 0.3) is 0 Å². The van der Waals surface area contributed by atoms with Gasteiger partial charge in [0.05, 0.1) is 23.4 Å². The lowest BCUT2D eigenvalue weighted by atomic mass is 9.66. The van der Waals surface area contributed by atoms with E-state index in [1.54, 1.807) is 25.0 Å². The number of thioether (sulfide) groups is 1. The quantitative estimate of drug-likeness (QED) is 0.405. The van der Waals surface area contributed by atoms with Crippen molar-refractivity contribution in [2.24, 2.45) is 11.3 Å². The number of amides is 1. The maximum atomic E-state index is 14.3. The summed E-state index contributed by atoms with van der Waals surface area (Å²) in [7, 11) is 1.56. The van der Waals surface area contributed by atoms with Crippen molar-refractivity contribution in [3.8, 4) is 5.75 Å². The number of Topliss-reactive ketones (excluding diaryl/α,β-unsaturated/α-hetero) is 2. The summed E-state index contributed by atoms with van der Waals surface area (Å²) in [6.45, 7) is 11.3. The van der Waals surface area contributed by atoms with Crippen molar-refractivity contribution in [2.45, 2.75) is 64.7 Å². The molecular weight excluding hydrogens is 424 g/mol. The van der Waals surface area contributed by atoms with E-state index in [1.165, 1.54) is 0 Å². The summed E-state index contributed by atoms with van der Waals surface area (Å²) < 4.78 is 4.05. The molecule has 32 heavy (non-hydrogen) atoms. The molecule has 1 aliphatic carbocycles. The molecule has 0 bridgehead atoms. The number of ether oxygens (including phenoxy) is 1. The molecule has 1 fully saturated rings. The highest BCUT2D eigenvalue weighted by Crippen LogP contribution is 2.61. The molecule has 0 spiro atoms. The molecule has 1 unspecified atom stereocenters. The fourth-order valence-electron chi connectivity index (χ4n) is 5.68. The number of rotatable bonds is 3. The van der Waals surface area contributed by atoms with E-state index in [4.69, 9.17) is 10.1 Å². The van der Waals surface area contributed by atoms with Crippen LogP contribution in [0.3, 0.4) is 0 Å². The second-order valence-electron chi connectivity index (χ2n) is 10.5. The molecule has 6 nitrogen and oxygen atoms in total. The van der Waals surface area contributed by atoms with Gasteiger partial charge >= 0.3 is 0 Å². The Balaban J connectivity index is 2.07. The zero-order valence-electron chi connectivity index (χ0n) is 19.7. The van der Waals surface area contributed by atoms with Gasteiger partial charge in [-0.05, 0) is 50.8 Å². The van der Waals surface area contributed by atoms with Crippen molar-refractivity contribution < 1.29 is 19.1 Å². The molecule has 0 radical (unpaired) electrons. The fourth-order valence-corrected chi connectivity index (χ4v) is 6.98. The van der Waals surface area contributed by atoms with Crippen LogP contribution < -0.4 is 9.64 Å². The van der Waals surface area contributed by atoms with Crippen LogP contribution in [0.2, 0.25) is 0 Å². The molecule has 1 aromatic carbocycles. The molecular formula is C25H30N2O4S. The summed E-state index contributed by atoms with van der Waals surface area (Å²) >= 11 is 1.02. The summed E-state index contributed by atoms with van der Waals surface area (Å²) in [6, 6.07) is 3.67. The lowest BCUT2D eigenvalue weighted by molar-refractivity contribution is -0.144. The Morgan fingerprint density at radius 2 is 1.72 bits per heavy atom. The smallest absolute Gasteiger partial charge is 0.250 e. The van der Waals surface area contributed by atoms with Gasteiger partial charge in [-0.25, -0.2) is 0 Å². The molecule has 1 N–H and O–H groups in total. The normalized spacial score (nSPS) is 26.2. The summed E-state index contributed by atoms with van der Waals surface area (Å²) in [4.78, 5) is 43.1. The molecule has 0 saturated heterocycles. The zero-order chi connectivity index (χ0) is 23.8. The van der Waals surface area contributed by atoms with Crippen molar-refractivity contribution in [3.05, 3.63) is 29.3 Å². The van der Waals surface area contributed by atoms with Gasteiger partial charge in [-0.15, -0.1) is 0 Å². The monoisotopic (exact) mass is 454 g/mol. The third-order valence-corrected chi connectivity index (χ3v) is 7.96. The van der Waals surface area contributed by atoms with Crippen LogP contribution in [0.15, 0.2) is 18.2 Å². The maximum absolute atomic E-state index is 14.3. The van der Waals surface area contributed by atoms with E-state index in [0.29, 0.717) is 11.3 Å². The molecule has 1 amide bonds. The number of carbonyl (C=O) groups excluding carboxylic acids is 3. The number of anilines is 1. The Morgan fingerprint density at radius 1 is 1.12 bits per heavy atom. The first-order valence-electron chi connectivity index (χ1n) is 10.8. The summed E-state index contributed by atoms with van der Waals surface area (Å²) in [5.41, 5.74) is 2.10. The first-order chi connectivity index (χ1) is 14.7. The third kappa shape index (κ3) is 3.08. The van der Waals surface area contributed by atoms with Gasteiger partial charge in [0.1, 0.15) is 28.0 Å². The van der Waals surface area contributed by atoms with E-state index in [2.05, 4.69) is 0 Å². The maximum Gasteiger partial charge on any atom is 0.250 e. The number of allylic oxidation sites excluding steroid dienone is 1. The SMILES string of the molecule is COc1cc2c3c(c1)C(SC(C)=N)(C1C(=O)CC(C)(C)CC1=O)C(=O)N3C(C)(C)C=C2C. The van der Waals surface area contributed by atoms with Crippen LogP contribution >= 0.6 is 11.8 Å². The van der Waals surface area contributed by atoms with Crippen LogP contribution in [0.5, 0.6) is 5.75 Å². The van der Waals surface area contributed by atoms with Crippen LogP contribution in [-0.2, 0) is 19.1 Å². The van der Waals surface area contributed by atoms with Crippen LogP contribution in [0, 0.1) is 16.7 Å². The molecule has 0 aromatic heterocycles. The van der Waals surface area contributed by atoms with Gasteiger partial charge in [-0.1, -0.05) is 31.7 Å². The standard InChI is InChI=1S/C25H30N2O4S/c1-13-10-24(5,6)27-21-16(13)8-15(31-7)9-17(21)25(22(27)30,32-14(2)26)20-18(28)11-23(3,4)12-19(20)29/h8-10,20,26H,11-12H2,1-7H3. The minimum absolute atomic E-state index is 0.183. The first-order valence-corrected chi connectivity index (χ1v) is 11.6. The molecule has 2 heterocycles. The summed E-state index contributed by atoms with van der Waals surface area (Å²) in [5.74, 6) is -1.34. The van der Waals surface area contributed by atoms with Crippen molar-refractivity contribution in [2.75, 3.05) is 12.0 Å². The summed E-state index contributed by atoms with van der Waals surface area (Å²) in [6.07, 6.45) is 2.48. The van der Waals surface area contributed by atoms with Crippen molar-refractivity contribution in [1.82, 2.24) is 0 Å². The Bertz CT molecular complexity index is 1100. The summed E-state index contributed by atoms with van der Waals surface area (Å²) in [5, 5.41) is 8.48. The van der Waals surface area contributed by atoms with Gasteiger partial charge < -0.3 is 9.64 Å². The molecule has 3 aliphatic rings. The minimum atomic E-state index is -1.51. The Hall–Kier alpha value is -2.41. The predicted molar refractivity (Wildman–Crippen MR) is 127 cm³/mol. The van der Waals surface area contributed by atoms with Crippen molar-refractivity contribution >= 4 is 45.5 Å². The highest BCUT2D eigenvalue weighted by molar-refractivity contribution is 8.15. The average Bonchev–Trinajstić information content (AvgIpc) is 2.87. The second-order valence-corrected chi connectivity index (χ2v) is 11.9. The van der Waals surface area contributed by atoms with Crippen LogP contribution in [-0.4, -0.2) is 35.2 Å². The molecule has 1 aromatic rings. The van der Waals surface area contributed by atoms with Crippen LogP contribution in [0.4, 0.5) is 5.69 Å². The lowest BCUT2D eigenvalue weighted by Gasteiger charge is -2.42. The van der Waals surface area contributed by atoms with E-state index in [9.17, 15) is 14.4 Å². The highest BCUT2D eigenvalue weighted by Gasteiger charge is 2.65. The van der Waals surface area contributed by atoms with Gasteiger partial charge in [-0.2, -0.15) is 0 Å². The predicted octanol–water partition coefficient (Wildman–Crippen LogP) is 4.74. The number of nitrogens with zero attached hydrogens (tertiary/aromatic N) is 1. The highest BCUT2D eigenvalue weighted by atomic mass is 32.2. The zero-order valence-corrected chi connectivity index (χ0v) is 20.5. The Kier molecular flexibility index (Phi) is 5.01. The van der Waals surface area contributed by atoms with E-state index in [1.807, 2.05) is 46.8 Å². The molecule has 7 heteroatoms. The minimum Gasteiger partial charge on any atom is -0.497 e. The van der Waals surface area contributed by atoms with E-state index >= 15 is 0 Å². The molecule has 170 valence electrons. The largest absolute Gasteiger partial charge is 0.497 e. The molecule has 1 saturated carbocycles. The van der Waals surface area contributed by atoms with Gasteiger partial charge in [0.2, 0.25) is 5.91 Å². The lowest BCUT2D eigenvalue weighted by Crippen LogP contribution is -2.56. The molecule has 2 aliphatic heterocycles. The van der Waals surface area contributed by atoms with Crippen molar-refractivity contribution in [3.63, 3.8) is 0 Å². The van der Waals surface area contributed by atoms with E-state index in [-0.39, 0.29) is 35.4 Å². The Labute approximate surface area is 193 Å². The number of hydrogen-bond acceptors (Lipinski definition) is 6. The first kappa shape index (κ1) is 22.8. The fraction of sp³-hybridized carbons (Fsp3) is 0.520. The number of ketones is 2. The Morgan fingerprint density at radius 3 is 2.25 bits per heavy atom. The average molecular weight is 455 g/mol. The van der Waals surface area contributed by atoms with Gasteiger partial charge in [0, 0.05) is 24.0 Å². The topological polar surface area (TPSA) is 87.5 Å². The second kappa shape index (κ2) is 7.04. The van der Waals surface area contributed by atoms with Crippen molar-refractivity contribution in [1.29, 1.82) is 5.41 Å². The molecule has 1 atom stereocenters. The number of hydrogen-bond donors (Lipinski definition) is 1. The van der Waals surface area contributed by atoms with Crippen LogP contribution in [0.25, 0.3) is 5.57 Å². The van der Waals surface area contributed by atoms with Crippen LogP contribution in [0.1, 0.15) is 65.5 Å². The van der Waals surface area contributed by atoms with E-state index in [0.717, 1.165) is 28.6 Å². The van der Waals surface area contributed by atoms with Gasteiger partial charge in [-0.3, -0.25) is 19.8 Å². The van der Waals surface area contributed by atoms with E-state index < -0.39 is 21.6 Å². The number of methoxy groups -OCH3 is 1. The molecule has 4 rings (SSSR count). The number of benzene rings is 1. The van der Waals surface area contributed by atoms with Gasteiger partial charge in [0.15, 0.2) is 0 Å². The number of carbonyl (C=O) groups is 3.